The summed E-state index contributed by atoms with van der Waals surface area (Å²) in [5, 5.41) is 54.7. The third-order valence-corrected chi connectivity index (χ3v) is 1.48. The lowest BCUT2D eigenvalue weighted by molar-refractivity contribution is -0.327. The highest BCUT2D eigenvalue weighted by Crippen LogP contribution is 2.04. The highest BCUT2D eigenvalue weighted by Gasteiger charge is 2.31. The lowest BCUT2D eigenvalue weighted by Crippen LogP contribution is -2.55. The summed E-state index contributed by atoms with van der Waals surface area (Å²) in [5.74, 6) is -4.22. The number of hydrogen-bond acceptors (Lipinski definition) is 8. The van der Waals surface area contributed by atoms with Gasteiger partial charge in [-0.15, -0.1) is 0 Å². The Bertz CT molecular complexity index is 211. The minimum absolute atomic E-state index is 0. The van der Waals surface area contributed by atoms with Gasteiger partial charge in [0.25, 0.3) is 0 Å². The van der Waals surface area contributed by atoms with Gasteiger partial charge in [-0.3, -0.25) is 0 Å². The van der Waals surface area contributed by atoms with E-state index in [1.54, 1.807) is 0 Å². The van der Waals surface area contributed by atoms with Crippen LogP contribution in [0.25, 0.3) is 0 Å². The van der Waals surface area contributed by atoms with Crippen LogP contribution in [0.1, 0.15) is 0 Å². The van der Waals surface area contributed by atoms with Crippen LogP contribution in [0.15, 0.2) is 0 Å². The van der Waals surface area contributed by atoms with E-state index in [4.69, 9.17) is 20.4 Å². The zero-order valence-electron chi connectivity index (χ0n) is 8.73. The van der Waals surface area contributed by atoms with E-state index in [9.17, 15) is 19.8 Å². The second-order valence-corrected chi connectivity index (χ2v) is 2.51. The first-order chi connectivity index (χ1) is 6.29. The molecule has 0 radical (unpaired) electrons. The first kappa shape index (κ1) is 20.2. The molecule has 0 heterocycles. The molecule has 0 spiro atoms. The van der Waals surface area contributed by atoms with Gasteiger partial charge in [0.2, 0.25) is 0 Å². The van der Waals surface area contributed by atoms with E-state index in [-0.39, 0.29) is 12.3 Å². The van der Waals surface area contributed by atoms with Gasteiger partial charge in [-0.2, -0.15) is 0 Å². The fourth-order valence-corrected chi connectivity index (χ4v) is 0.652. The number of aliphatic hydroxyl groups excluding tert-OH is 4. The minimum atomic E-state index is -2.50. The Morgan fingerprint density at radius 3 is 1.06 bits per heavy atom. The Morgan fingerprint density at radius 1 is 0.750 bits per heavy atom. The third kappa shape index (κ3) is 4.97. The van der Waals surface area contributed by atoms with Crippen LogP contribution in [0.4, 0.5) is 0 Å². The second-order valence-electron chi connectivity index (χ2n) is 2.51. The average Bonchev–Trinajstić information content (AvgIpc) is 2.12. The lowest BCUT2D eigenvalue weighted by Gasteiger charge is -2.27. The summed E-state index contributed by atoms with van der Waals surface area (Å²) in [5.41, 5.74) is 0. The molecule has 0 aromatic rings. The zero-order chi connectivity index (χ0) is 11.5. The maximum absolute atomic E-state index is 9.96. The van der Waals surface area contributed by atoms with Crippen molar-refractivity contribution < 1.29 is 40.2 Å². The van der Waals surface area contributed by atoms with Gasteiger partial charge in [-0.25, -0.2) is 0 Å². The number of carboxylic acid groups (broad SMARTS) is 2. The number of rotatable bonds is 5. The third-order valence-electron chi connectivity index (χ3n) is 1.48. The summed E-state index contributed by atoms with van der Waals surface area (Å²) in [6.45, 7) is 0. The molecule has 0 saturated carbocycles. The summed E-state index contributed by atoms with van der Waals surface area (Å²) in [7, 11) is 0. The molecule has 0 saturated heterocycles. The van der Waals surface area contributed by atoms with Gasteiger partial charge < -0.3 is 52.5 Å². The number of aliphatic carboxylic acids is 2. The van der Waals surface area contributed by atoms with Crippen molar-refractivity contribution in [2.24, 2.45) is 0 Å². The number of hydrogen-bond donors (Lipinski definition) is 6. The van der Waals surface area contributed by atoms with Gasteiger partial charge >= 0.3 is 0 Å². The normalized spacial score (nSPS) is 17.0. The molecule has 12 N–H and O–H groups in total. The monoisotopic (exact) mass is 244 g/mol. The molecular weight excluding hydrogens is 228 g/mol. The van der Waals surface area contributed by atoms with Gasteiger partial charge in [0.05, 0.1) is 11.9 Å². The van der Waals surface area contributed by atoms with Crippen LogP contribution < -0.4 is 22.5 Å². The van der Waals surface area contributed by atoms with Crippen LogP contribution in [0.5, 0.6) is 0 Å². The Labute approximate surface area is 89.9 Å². The van der Waals surface area contributed by atoms with E-state index in [2.05, 4.69) is 0 Å². The van der Waals surface area contributed by atoms with Crippen LogP contribution in [-0.2, 0) is 9.59 Å². The Morgan fingerprint density at radius 2 is 0.938 bits per heavy atom. The van der Waals surface area contributed by atoms with Crippen molar-refractivity contribution in [1.82, 2.24) is 12.3 Å². The summed E-state index contributed by atoms with van der Waals surface area (Å²) in [6, 6.07) is 0. The van der Waals surface area contributed by atoms with Gasteiger partial charge in [-0.05, 0) is 0 Å². The molecule has 0 aromatic heterocycles. The molecule has 0 amide bonds. The van der Waals surface area contributed by atoms with Crippen LogP contribution in [0, 0.1) is 0 Å². The fraction of sp³-hybridized carbons (Fsp3) is 0.667. The molecule has 0 bridgehead atoms. The molecule has 16 heavy (non-hydrogen) atoms. The number of carbonyl (C=O) groups excluding carboxylic acids is 2. The summed E-state index contributed by atoms with van der Waals surface area (Å²) >= 11 is 0. The van der Waals surface area contributed by atoms with Gasteiger partial charge in [0, 0.05) is 0 Å². The molecule has 0 fully saturated rings. The molecule has 0 rings (SSSR count). The SMILES string of the molecule is O=C([O-])C(O)C(O)C(O)C(O)C(=O)[O-].[NH4+].[NH4+]. The predicted molar refractivity (Wildman–Crippen MR) is 46.0 cm³/mol. The van der Waals surface area contributed by atoms with Crippen LogP contribution in [0.2, 0.25) is 0 Å². The van der Waals surface area contributed by atoms with E-state index >= 15 is 0 Å². The summed E-state index contributed by atoms with van der Waals surface area (Å²) in [4.78, 5) is 19.9. The van der Waals surface area contributed by atoms with E-state index in [1.165, 1.54) is 0 Å². The van der Waals surface area contributed by atoms with E-state index in [0.29, 0.717) is 0 Å². The highest BCUT2D eigenvalue weighted by molar-refractivity contribution is 5.72. The minimum Gasteiger partial charge on any atom is -0.547 e. The predicted octanol–water partition coefficient (Wildman–Crippen LogP) is -5.32. The van der Waals surface area contributed by atoms with Crippen molar-refractivity contribution in [3.63, 3.8) is 0 Å². The van der Waals surface area contributed by atoms with Gasteiger partial charge in [0.15, 0.2) is 0 Å². The quantitative estimate of drug-likeness (QED) is 0.272. The Hall–Kier alpha value is -1.30. The van der Waals surface area contributed by atoms with Crippen molar-refractivity contribution in [3.05, 3.63) is 0 Å². The maximum Gasteiger partial charge on any atom is 0.122 e. The smallest absolute Gasteiger partial charge is 0.122 e. The van der Waals surface area contributed by atoms with E-state index < -0.39 is 36.4 Å². The van der Waals surface area contributed by atoms with Crippen molar-refractivity contribution >= 4 is 11.9 Å². The van der Waals surface area contributed by atoms with Crippen LogP contribution >= 0.6 is 0 Å². The topological polar surface area (TPSA) is 234 Å². The van der Waals surface area contributed by atoms with Crippen LogP contribution in [-0.4, -0.2) is 56.8 Å². The average molecular weight is 244 g/mol. The largest absolute Gasteiger partial charge is 0.547 e. The molecule has 0 aliphatic carbocycles. The van der Waals surface area contributed by atoms with E-state index in [0.717, 1.165) is 0 Å². The first-order valence-electron chi connectivity index (χ1n) is 3.43. The number of carboxylic acids is 2. The molecule has 10 nitrogen and oxygen atoms in total. The second kappa shape index (κ2) is 7.92. The Balaban J connectivity index is -0.000000845. The first-order valence-corrected chi connectivity index (χ1v) is 3.43. The number of carbonyl (C=O) groups is 2. The fourth-order valence-electron chi connectivity index (χ4n) is 0.652. The molecule has 98 valence electrons. The van der Waals surface area contributed by atoms with Crippen LogP contribution in [0.3, 0.4) is 0 Å². The summed E-state index contributed by atoms with van der Waals surface area (Å²) < 4.78 is 0. The zero-order valence-corrected chi connectivity index (χ0v) is 8.73. The molecule has 0 aromatic carbocycles. The maximum atomic E-state index is 9.96. The molecule has 4 unspecified atom stereocenters. The molecule has 4 atom stereocenters. The van der Waals surface area contributed by atoms with Crippen molar-refractivity contribution in [3.8, 4) is 0 Å². The summed E-state index contributed by atoms with van der Waals surface area (Å²) in [6.07, 6.45) is -9.76. The number of quaternary nitrogens is 2. The van der Waals surface area contributed by atoms with E-state index in [1.807, 2.05) is 0 Å². The molecule has 10 heteroatoms. The molecular formula is C6H16N2O8. The van der Waals surface area contributed by atoms with Crippen molar-refractivity contribution in [2.45, 2.75) is 24.4 Å². The van der Waals surface area contributed by atoms with Gasteiger partial charge in [-0.1, -0.05) is 0 Å². The highest BCUT2D eigenvalue weighted by atomic mass is 16.4. The Kier molecular flexibility index (Phi) is 9.98. The van der Waals surface area contributed by atoms with Gasteiger partial charge in [0.1, 0.15) is 24.4 Å². The van der Waals surface area contributed by atoms with Crippen molar-refractivity contribution in [1.29, 1.82) is 0 Å². The van der Waals surface area contributed by atoms with Crippen molar-refractivity contribution in [2.75, 3.05) is 0 Å². The lowest BCUT2D eigenvalue weighted by atomic mass is 10.0. The molecule has 0 aliphatic rings. The number of aliphatic hydroxyl groups is 4. The molecule has 0 aliphatic heterocycles. The standard InChI is InChI=1S/C6H10O8.2H3N/c7-1(3(9)5(11)12)2(8)4(10)6(13)14;;/h1-4,7-10H,(H,11,12)(H,13,14);2*1H3.